The molecule has 3 heteroatoms. The van der Waals surface area contributed by atoms with Gasteiger partial charge in [0.2, 0.25) is 0 Å². The highest BCUT2D eigenvalue weighted by atomic mass is 16.6. The number of nitrogens with one attached hydrogen (secondary N) is 1. The quantitative estimate of drug-likeness (QED) is 0.779. The Kier molecular flexibility index (Phi) is 3.65. The van der Waals surface area contributed by atoms with E-state index in [4.69, 9.17) is 9.47 Å². The molecule has 0 aromatic rings. The van der Waals surface area contributed by atoms with E-state index in [-0.39, 0.29) is 5.60 Å². The number of hydrogen-bond donors (Lipinski definition) is 1. The minimum absolute atomic E-state index is 0.0555. The molecule has 0 amide bonds. The third kappa shape index (κ3) is 2.45. The van der Waals surface area contributed by atoms with Crippen LogP contribution in [-0.2, 0) is 9.47 Å². The van der Waals surface area contributed by atoms with Crippen molar-refractivity contribution in [3.8, 4) is 0 Å². The molecule has 0 radical (unpaired) electrons. The van der Waals surface area contributed by atoms with Crippen LogP contribution in [0.15, 0.2) is 0 Å². The average molecular weight is 253 g/mol. The summed E-state index contributed by atoms with van der Waals surface area (Å²) in [6, 6.07) is 0. The first-order chi connectivity index (χ1) is 8.73. The highest BCUT2D eigenvalue weighted by Gasteiger charge is 2.46. The molecule has 0 saturated carbocycles. The van der Waals surface area contributed by atoms with Gasteiger partial charge in [0.25, 0.3) is 0 Å². The summed E-state index contributed by atoms with van der Waals surface area (Å²) in [6.45, 7) is 6.26. The van der Waals surface area contributed by atoms with Crippen molar-refractivity contribution in [3.05, 3.63) is 0 Å². The van der Waals surface area contributed by atoms with Gasteiger partial charge >= 0.3 is 0 Å². The predicted octanol–water partition coefficient (Wildman–Crippen LogP) is 2.49. The first kappa shape index (κ1) is 12.9. The second-order valence-electron chi connectivity index (χ2n) is 6.68. The standard InChI is InChI=1S/C15H27NO2/c1-14(6-3-2-4-8-16-14)13-5-9-18-15(11-13)7-10-17-12-15/h13,16H,2-12H2,1H3. The molecule has 3 aliphatic heterocycles. The first-order valence-corrected chi connectivity index (χ1v) is 7.69. The molecule has 0 aliphatic carbocycles. The van der Waals surface area contributed by atoms with E-state index in [1.54, 1.807) is 0 Å². The fraction of sp³-hybridized carbons (Fsp3) is 1.00. The Morgan fingerprint density at radius 3 is 2.89 bits per heavy atom. The van der Waals surface area contributed by atoms with Crippen molar-refractivity contribution in [2.45, 2.75) is 63.0 Å². The van der Waals surface area contributed by atoms with Crippen molar-refractivity contribution in [2.24, 2.45) is 5.92 Å². The van der Waals surface area contributed by atoms with E-state index in [1.165, 1.54) is 45.1 Å². The van der Waals surface area contributed by atoms with Crippen LogP contribution in [0.2, 0.25) is 0 Å². The predicted molar refractivity (Wildman–Crippen MR) is 71.7 cm³/mol. The van der Waals surface area contributed by atoms with Crippen molar-refractivity contribution in [1.29, 1.82) is 0 Å². The van der Waals surface area contributed by atoms with E-state index in [0.29, 0.717) is 5.54 Å². The monoisotopic (exact) mass is 253 g/mol. The smallest absolute Gasteiger partial charge is 0.0940 e. The minimum Gasteiger partial charge on any atom is -0.378 e. The van der Waals surface area contributed by atoms with Gasteiger partial charge in [-0.25, -0.2) is 0 Å². The summed E-state index contributed by atoms with van der Waals surface area (Å²) in [4.78, 5) is 0. The van der Waals surface area contributed by atoms with Crippen LogP contribution in [0.5, 0.6) is 0 Å². The fourth-order valence-corrected chi connectivity index (χ4v) is 4.04. The van der Waals surface area contributed by atoms with Gasteiger partial charge in [-0.3, -0.25) is 0 Å². The zero-order valence-corrected chi connectivity index (χ0v) is 11.7. The molecule has 3 fully saturated rings. The van der Waals surface area contributed by atoms with Crippen molar-refractivity contribution in [2.75, 3.05) is 26.4 Å². The largest absolute Gasteiger partial charge is 0.378 e. The van der Waals surface area contributed by atoms with Gasteiger partial charge in [0.05, 0.1) is 12.2 Å². The van der Waals surface area contributed by atoms with Crippen molar-refractivity contribution >= 4 is 0 Å². The Bertz CT molecular complexity index is 278. The molecule has 0 bridgehead atoms. The van der Waals surface area contributed by atoms with Crippen molar-refractivity contribution in [1.82, 2.24) is 5.32 Å². The molecule has 3 rings (SSSR count). The summed E-state index contributed by atoms with van der Waals surface area (Å²) in [5, 5.41) is 3.84. The molecule has 3 atom stereocenters. The Morgan fingerprint density at radius 1 is 1.11 bits per heavy atom. The maximum atomic E-state index is 6.07. The van der Waals surface area contributed by atoms with Crippen molar-refractivity contribution < 1.29 is 9.47 Å². The summed E-state index contributed by atoms with van der Waals surface area (Å²) < 4.78 is 11.7. The minimum atomic E-state index is 0.0555. The van der Waals surface area contributed by atoms with Crippen LogP contribution in [0.1, 0.15) is 51.9 Å². The van der Waals surface area contributed by atoms with E-state index < -0.39 is 0 Å². The molecule has 3 unspecified atom stereocenters. The topological polar surface area (TPSA) is 30.5 Å². The second-order valence-corrected chi connectivity index (χ2v) is 6.68. The van der Waals surface area contributed by atoms with Crippen LogP contribution in [0.25, 0.3) is 0 Å². The lowest BCUT2D eigenvalue weighted by Crippen LogP contribution is -2.54. The molecule has 104 valence electrons. The van der Waals surface area contributed by atoms with E-state index in [1.807, 2.05) is 0 Å². The number of ether oxygens (including phenoxy) is 2. The highest BCUT2D eigenvalue weighted by Crippen LogP contribution is 2.42. The SMILES string of the molecule is CC1(C2CCOC3(CCOC3)C2)CCCCCN1. The third-order valence-electron chi connectivity index (χ3n) is 5.36. The normalized spacial score (nSPS) is 46.2. The molecular formula is C15H27NO2. The van der Waals surface area contributed by atoms with Crippen LogP contribution in [0, 0.1) is 5.92 Å². The lowest BCUT2D eigenvalue weighted by atomic mass is 9.72. The van der Waals surface area contributed by atoms with E-state index >= 15 is 0 Å². The van der Waals surface area contributed by atoms with Gasteiger partial charge in [0.1, 0.15) is 0 Å². The fourth-order valence-electron chi connectivity index (χ4n) is 4.04. The molecule has 3 heterocycles. The molecule has 18 heavy (non-hydrogen) atoms. The van der Waals surface area contributed by atoms with Gasteiger partial charge < -0.3 is 14.8 Å². The molecule has 3 saturated heterocycles. The molecular weight excluding hydrogens is 226 g/mol. The molecule has 1 spiro atoms. The Morgan fingerprint density at radius 2 is 2.06 bits per heavy atom. The lowest BCUT2D eigenvalue weighted by molar-refractivity contribution is -0.111. The van der Waals surface area contributed by atoms with Crippen LogP contribution in [0.4, 0.5) is 0 Å². The molecule has 1 N–H and O–H groups in total. The Hall–Kier alpha value is -0.120. The summed E-state index contributed by atoms with van der Waals surface area (Å²) in [5.41, 5.74) is 0.385. The maximum absolute atomic E-state index is 6.07. The Labute approximate surface area is 111 Å². The molecule has 0 aromatic carbocycles. The summed E-state index contributed by atoms with van der Waals surface area (Å²) in [5.74, 6) is 0.756. The zero-order chi connectivity index (χ0) is 12.5. The molecule has 3 aliphatic rings. The molecule has 3 nitrogen and oxygen atoms in total. The summed E-state index contributed by atoms with van der Waals surface area (Å²) in [6.07, 6.45) is 8.94. The van der Waals surface area contributed by atoms with E-state index in [0.717, 1.165) is 32.2 Å². The summed E-state index contributed by atoms with van der Waals surface area (Å²) in [7, 11) is 0. The van der Waals surface area contributed by atoms with Gasteiger partial charge in [-0.2, -0.15) is 0 Å². The van der Waals surface area contributed by atoms with Crippen LogP contribution >= 0.6 is 0 Å². The number of rotatable bonds is 1. The van der Waals surface area contributed by atoms with Gasteiger partial charge in [0.15, 0.2) is 0 Å². The van der Waals surface area contributed by atoms with Gasteiger partial charge in [-0.1, -0.05) is 12.8 Å². The highest BCUT2D eigenvalue weighted by molar-refractivity contribution is 4.99. The molecule has 0 aromatic heterocycles. The van der Waals surface area contributed by atoms with Gasteiger partial charge in [-0.05, 0) is 45.1 Å². The summed E-state index contributed by atoms with van der Waals surface area (Å²) >= 11 is 0. The third-order valence-corrected chi connectivity index (χ3v) is 5.36. The zero-order valence-electron chi connectivity index (χ0n) is 11.7. The Balaban J connectivity index is 1.70. The van der Waals surface area contributed by atoms with Crippen LogP contribution < -0.4 is 5.32 Å². The number of hydrogen-bond acceptors (Lipinski definition) is 3. The van der Waals surface area contributed by atoms with E-state index in [2.05, 4.69) is 12.2 Å². The van der Waals surface area contributed by atoms with Gasteiger partial charge in [0, 0.05) is 25.2 Å². The average Bonchev–Trinajstić information content (AvgIpc) is 2.69. The maximum Gasteiger partial charge on any atom is 0.0940 e. The first-order valence-electron chi connectivity index (χ1n) is 7.69. The van der Waals surface area contributed by atoms with Crippen LogP contribution in [-0.4, -0.2) is 37.5 Å². The van der Waals surface area contributed by atoms with Crippen molar-refractivity contribution in [3.63, 3.8) is 0 Å². The second kappa shape index (κ2) is 5.10. The van der Waals surface area contributed by atoms with Gasteiger partial charge in [-0.15, -0.1) is 0 Å². The van der Waals surface area contributed by atoms with E-state index in [9.17, 15) is 0 Å². The lowest BCUT2D eigenvalue weighted by Gasteiger charge is -2.46. The van der Waals surface area contributed by atoms with Crippen LogP contribution in [0.3, 0.4) is 0 Å².